The number of hydrogen-bond donors (Lipinski definition) is 1. The first-order valence-electron chi connectivity index (χ1n) is 6.82. The molecule has 0 radical (unpaired) electrons. The van der Waals surface area contributed by atoms with Gasteiger partial charge in [0.05, 0.1) is 5.25 Å². The topological polar surface area (TPSA) is 85.6 Å². The van der Waals surface area contributed by atoms with Crippen molar-refractivity contribution in [3.8, 4) is 11.4 Å². The molecule has 0 saturated heterocycles. The average molecular weight is 346 g/mol. The highest BCUT2D eigenvalue weighted by Crippen LogP contribution is 2.26. The Morgan fingerprint density at radius 1 is 1.39 bits per heavy atom. The lowest BCUT2D eigenvalue weighted by atomic mass is 10.3. The Labute approximate surface area is 141 Å². The first-order chi connectivity index (χ1) is 11.1. The lowest BCUT2D eigenvalue weighted by molar-refractivity contribution is -0.115. The zero-order chi connectivity index (χ0) is 16.2. The van der Waals surface area contributed by atoms with Crippen molar-refractivity contribution in [1.29, 1.82) is 0 Å². The summed E-state index contributed by atoms with van der Waals surface area (Å²) in [6, 6.07) is 3.77. The summed E-state index contributed by atoms with van der Waals surface area (Å²) in [5.41, 5.74) is 0.884. The van der Waals surface area contributed by atoms with E-state index in [1.165, 1.54) is 23.1 Å². The summed E-state index contributed by atoms with van der Waals surface area (Å²) in [6.45, 7) is 1.83. The van der Waals surface area contributed by atoms with Crippen LogP contribution in [0.5, 0.6) is 0 Å². The van der Waals surface area contributed by atoms with Gasteiger partial charge in [-0.05, 0) is 19.1 Å². The van der Waals surface area contributed by atoms with E-state index in [-0.39, 0.29) is 11.2 Å². The zero-order valence-corrected chi connectivity index (χ0v) is 14.1. The molecule has 9 heteroatoms. The van der Waals surface area contributed by atoms with Crippen molar-refractivity contribution in [3.63, 3.8) is 0 Å². The van der Waals surface area contributed by atoms with Gasteiger partial charge in [0.25, 0.3) is 0 Å². The Bertz CT molecular complexity index is 787. The number of carbonyl (C=O) groups excluding carboxylic acids is 1. The fourth-order valence-electron chi connectivity index (χ4n) is 1.87. The van der Waals surface area contributed by atoms with Crippen LogP contribution in [0.2, 0.25) is 0 Å². The van der Waals surface area contributed by atoms with Crippen LogP contribution in [0.3, 0.4) is 0 Å². The van der Waals surface area contributed by atoms with Crippen LogP contribution in [0.15, 0.2) is 41.3 Å². The fourth-order valence-corrected chi connectivity index (χ4v) is 3.21. The van der Waals surface area contributed by atoms with Crippen LogP contribution in [-0.2, 0) is 11.8 Å². The van der Waals surface area contributed by atoms with E-state index >= 15 is 0 Å². The van der Waals surface area contributed by atoms with Gasteiger partial charge < -0.3 is 9.88 Å². The minimum Gasteiger partial charge on any atom is -0.305 e. The first kappa shape index (κ1) is 15.6. The van der Waals surface area contributed by atoms with Crippen LogP contribution in [0.4, 0.5) is 5.13 Å². The number of nitrogens with one attached hydrogen (secondary N) is 1. The number of carbonyl (C=O) groups is 1. The molecule has 0 spiro atoms. The number of nitrogens with zero attached hydrogens (tertiary/aromatic N) is 5. The highest BCUT2D eigenvalue weighted by Gasteiger charge is 2.20. The number of amides is 1. The Kier molecular flexibility index (Phi) is 4.68. The first-order valence-corrected chi connectivity index (χ1v) is 8.58. The van der Waals surface area contributed by atoms with E-state index in [9.17, 15) is 4.79 Å². The number of thioether (sulfide) groups is 1. The van der Waals surface area contributed by atoms with E-state index in [0.717, 1.165) is 5.56 Å². The van der Waals surface area contributed by atoms with E-state index in [1.54, 1.807) is 18.6 Å². The Morgan fingerprint density at radius 3 is 2.96 bits per heavy atom. The molecule has 3 aromatic rings. The van der Waals surface area contributed by atoms with Gasteiger partial charge in [-0.3, -0.25) is 9.78 Å². The van der Waals surface area contributed by atoms with Gasteiger partial charge in [0.2, 0.25) is 5.91 Å². The van der Waals surface area contributed by atoms with Gasteiger partial charge in [0.1, 0.15) is 0 Å². The van der Waals surface area contributed by atoms with Gasteiger partial charge in [-0.1, -0.05) is 11.8 Å². The van der Waals surface area contributed by atoms with Gasteiger partial charge in [-0.15, -0.1) is 21.5 Å². The number of hydrogen-bond acceptors (Lipinski definition) is 7. The second kappa shape index (κ2) is 6.88. The molecule has 7 nitrogen and oxygen atoms in total. The smallest absolute Gasteiger partial charge is 0.239 e. The van der Waals surface area contributed by atoms with E-state index in [4.69, 9.17) is 0 Å². The molecule has 1 atom stereocenters. The Morgan fingerprint density at radius 2 is 2.26 bits per heavy atom. The van der Waals surface area contributed by atoms with Crippen molar-refractivity contribution in [1.82, 2.24) is 24.7 Å². The number of aromatic nitrogens is 5. The highest BCUT2D eigenvalue weighted by molar-refractivity contribution is 8.00. The van der Waals surface area contributed by atoms with Gasteiger partial charge >= 0.3 is 0 Å². The average Bonchev–Trinajstić information content (AvgIpc) is 3.19. The molecule has 0 bridgehead atoms. The van der Waals surface area contributed by atoms with Crippen molar-refractivity contribution in [3.05, 3.63) is 36.1 Å². The van der Waals surface area contributed by atoms with Crippen molar-refractivity contribution in [2.45, 2.75) is 17.3 Å². The van der Waals surface area contributed by atoms with Crippen LogP contribution in [0.1, 0.15) is 6.92 Å². The van der Waals surface area contributed by atoms with E-state index in [0.29, 0.717) is 16.1 Å². The lowest BCUT2D eigenvalue weighted by Gasteiger charge is -2.10. The standard InChI is InChI=1S/C14H14N6OS2/c1-9(12(21)17-13-16-6-7-22-13)23-14-19-18-11(20(14)2)10-4-3-5-15-8-10/h3-9H,1-2H3,(H,16,17,21)/t9-/m0/s1. The SMILES string of the molecule is C[C@H](Sc1nnc(-c2cccnc2)n1C)C(=O)Nc1nccs1. The normalized spacial score (nSPS) is 12.1. The molecule has 23 heavy (non-hydrogen) atoms. The highest BCUT2D eigenvalue weighted by atomic mass is 32.2. The van der Waals surface area contributed by atoms with Crippen molar-refractivity contribution < 1.29 is 4.79 Å². The molecule has 118 valence electrons. The van der Waals surface area contributed by atoms with Crippen LogP contribution in [0, 0.1) is 0 Å². The maximum absolute atomic E-state index is 12.2. The molecule has 0 saturated carbocycles. The molecule has 0 aliphatic carbocycles. The number of anilines is 1. The van der Waals surface area contributed by atoms with E-state index in [1.807, 2.05) is 36.1 Å². The van der Waals surface area contributed by atoms with Crippen molar-refractivity contribution >= 4 is 34.1 Å². The Balaban J connectivity index is 1.71. The largest absolute Gasteiger partial charge is 0.305 e. The van der Waals surface area contributed by atoms with Crippen LogP contribution >= 0.6 is 23.1 Å². The summed E-state index contributed by atoms with van der Waals surface area (Å²) in [5.74, 6) is 0.601. The molecule has 3 rings (SSSR count). The lowest BCUT2D eigenvalue weighted by Crippen LogP contribution is -2.22. The van der Waals surface area contributed by atoms with Gasteiger partial charge in [-0.2, -0.15) is 0 Å². The minimum absolute atomic E-state index is 0.115. The maximum Gasteiger partial charge on any atom is 0.239 e. The third-order valence-corrected chi connectivity index (χ3v) is 4.89. The maximum atomic E-state index is 12.2. The van der Waals surface area contributed by atoms with Gasteiger partial charge in [0, 0.05) is 36.6 Å². The van der Waals surface area contributed by atoms with Crippen molar-refractivity contribution in [2.75, 3.05) is 5.32 Å². The molecule has 0 aromatic carbocycles. The van der Waals surface area contributed by atoms with Crippen LogP contribution < -0.4 is 5.32 Å². The second-order valence-electron chi connectivity index (χ2n) is 4.69. The number of rotatable bonds is 5. The molecule has 1 amide bonds. The summed E-state index contributed by atoms with van der Waals surface area (Å²) in [6.07, 6.45) is 5.10. The molecular weight excluding hydrogens is 332 g/mol. The predicted octanol–water partition coefficient (Wildman–Crippen LogP) is 2.45. The van der Waals surface area contributed by atoms with E-state index in [2.05, 4.69) is 25.5 Å². The number of thiazole rings is 1. The molecule has 0 aliphatic rings. The summed E-state index contributed by atoms with van der Waals surface area (Å²) in [4.78, 5) is 20.3. The third-order valence-electron chi connectivity index (χ3n) is 3.07. The molecule has 1 N–H and O–H groups in total. The predicted molar refractivity (Wildman–Crippen MR) is 90.3 cm³/mol. The van der Waals surface area contributed by atoms with Gasteiger partial charge in [0.15, 0.2) is 16.1 Å². The summed E-state index contributed by atoms with van der Waals surface area (Å²) in [5, 5.41) is 13.9. The second-order valence-corrected chi connectivity index (χ2v) is 6.90. The summed E-state index contributed by atoms with van der Waals surface area (Å²) >= 11 is 2.74. The molecule has 0 unspecified atom stereocenters. The minimum atomic E-state index is -0.316. The molecular formula is C14H14N6OS2. The summed E-state index contributed by atoms with van der Waals surface area (Å²) < 4.78 is 1.86. The molecule has 3 heterocycles. The fraction of sp³-hybridized carbons (Fsp3) is 0.214. The number of pyridine rings is 1. The van der Waals surface area contributed by atoms with Crippen LogP contribution in [-0.4, -0.2) is 35.9 Å². The quantitative estimate of drug-likeness (QED) is 0.714. The van der Waals surface area contributed by atoms with Gasteiger partial charge in [-0.25, -0.2) is 4.98 Å². The Hall–Kier alpha value is -2.26. The monoisotopic (exact) mass is 346 g/mol. The van der Waals surface area contributed by atoms with Crippen molar-refractivity contribution in [2.24, 2.45) is 7.05 Å². The van der Waals surface area contributed by atoms with E-state index < -0.39 is 0 Å². The zero-order valence-electron chi connectivity index (χ0n) is 12.5. The summed E-state index contributed by atoms with van der Waals surface area (Å²) in [7, 11) is 1.87. The molecule has 0 aliphatic heterocycles. The molecule has 0 fully saturated rings. The molecule has 3 aromatic heterocycles. The van der Waals surface area contributed by atoms with Crippen LogP contribution in [0.25, 0.3) is 11.4 Å². The third kappa shape index (κ3) is 3.57.